The van der Waals surface area contributed by atoms with Gasteiger partial charge in [0.2, 0.25) is 0 Å². The van der Waals surface area contributed by atoms with Gasteiger partial charge in [-0.2, -0.15) is 0 Å². The fourth-order valence-corrected chi connectivity index (χ4v) is 4.23. The first-order chi connectivity index (χ1) is 17.3. The second-order valence-corrected chi connectivity index (χ2v) is 8.14. The molecule has 1 saturated heterocycles. The fourth-order valence-electron chi connectivity index (χ4n) is 4.23. The molecule has 0 spiro atoms. The van der Waals surface area contributed by atoms with Crippen LogP contribution in [0.25, 0.3) is 5.76 Å². The van der Waals surface area contributed by atoms with E-state index in [1.165, 1.54) is 12.0 Å². The highest BCUT2D eigenvalue weighted by atomic mass is 16.5. The first-order valence-corrected chi connectivity index (χ1v) is 11.3. The molecule has 1 unspecified atom stereocenters. The maximum absolute atomic E-state index is 13.3. The van der Waals surface area contributed by atoms with Crippen LogP contribution in [-0.4, -0.2) is 41.6 Å². The molecule has 4 rings (SSSR count). The van der Waals surface area contributed by atoms with Gasteiger partial charge in [-0.3, -0.25) is 19.3 Å². The number of hydrogen-bond donors (Lipinski definition) is 2. The van der Waals surface area contributed by atoms with Gasteiger partial charge in [0.25, 0.3) is 11.7 Å². The number of ether oxygens (including phenoxy) is 2. The molecular formula is C28H25NO7. The molecule has 0 saturated carbocycles. The van der Waals surface area contributed by atoms with E-state index < -0.39 is 23.7 Å². The lowest BCUT2D eigenvalue weighted by Crippen LogP contribution is -2.29. The molecule has 36 heavy (non-hydrogen) atoms. The number of nitrogens with zero attached hydrogens (tertiary/aromatic N) is 1. The molecule has 3 aromatic carbocycles. The summed E-state index contributed by atoms with van der Waals surface area (Å²) < 4.78 is 10.9. The number of aliphatic hydroxyl groups is 1. The minimum absolute atomic E-state index is 0.0727. The average molecular weight is 488 g/mol. The van der Waals surface area contributed by atoms with E-state index in [0.717, 1.165) is 0 Å². The summed E-state index contributed by atoms with van der Waals surface area (Å²) in [6.45, 7) is 2.26. The van der Waals surface area contributed by atoms with E-state index >= 15 is 0 Å². The monoisotopic (exact) mass is 487 g/mol. The van der Waals surface area contributed by atoms with E-state index in [2.05, 4.69) is 0 Å². The topological polar surface area (TPSA) is 113 Å². The van der Waals surface area contributed by atoms with Crippen molar-refractivity contribution in [3.05, 3.63) is 95.1 Å². The summed E-state index contributed by atoms with van der Waals surface area (Å²) in [5.41, 5.74) is 1.76. The van der Waals surface area contributed by atoms with E-state index in [0.29, 0.717) is 40.5 Å². The summed E-state index contributed by atoms with van der Waals surface area (Å²) in [6, 6.07) is 19.0. The zero-order chi connectivity index (χ0) is 25.8. The molecule has 2 N–H and O–H groups in total. The van der Waals surface area contributed by atoms with Gasteiger partial charge in [-0.25, -0.2) is 0 Å². The maximum atomic E-state index is 13.3. The fraction of sp³-hybridized carbons (Fsp3) is 0.179. The van der Waals surface area contributed by atoms with Crippen molar-refractivity contribution in [2.75, 3.05) is 18.6 Å². The number of benzene rings is 3. The third kappa shape index (κ3) is 4.79. The van der Waals surface area contributed by atoms with Gasteiger partial charge in [0, 0.05) is 11.3 Å². The Morgan fingerprint density at radius 3 is 2.31 bits per heavy atom. The van der Waals surface area contributed by atoms with Crippen LogP contribution in [-0.2, 0) is 20.8 Å². The molecule has 1 aliphatic rings. The summed E-state index contributed by atoms with van der Waals surface area (Å²) in [7, 11) is 1.51. The quantitative estimate of drug-likeness (QED) is 0.276. The number of carbonyl (C=O) groups excluding carboxylic acids is 2. The summed E-state index contributed by atoms with van der Waals surface area (Å²) >= 11 is 0. The van der Waals surface area contributed by atoms with Crippen LogP contribution in [0.4, 0.5) is 5.69 Å². The zero-order valence-corrected chi connectivity index (χ0v) is 19.8. The van der Waals surface area contributed by atoms with E-state index in [4.69, 9.17) is 14.6 Å². The molecule has 1 aliphatic heterocycles. The van der Waals surface area contributed by atoms with Gasteiger partial charge >= 0.3 is 5.97 Å². The summed E-state index contributed by atoms with van der Waals surface area (Å²) in [4.78, 5) is 39.0. The van der Waals surface area contributed by atoms with E-state index in [1.54, 1.807) is 72.8 Å². The second kappa shape index (κ2) is 10.4. The van der Waals surface area contributed by atoms with Gasteiger partial charge in [-0.1, -0.05) is 36.4 Å². The SMILES string of the molecule is CCOc1cccc(/C(O)=C2/C(=O)C(=O)N(c3ccc(CC(=O)O)cc3)C2c2cccc(OC)c2)c1. The van der Waals surface area contributed by atoms with Gasteiger partial charge in [-0.15, -0.1) is 0 Å². The molecular weight excluding hydrogens is 462 g/mol. The standard InChI is InChI=1S/C28H25NO7/c1-3-36-22-9-5-7-19(16-22)26(32)24-25(18-6-4-8-21(15-18)35-2)29(28(34)27(24)33)20-12-10-17(11-13-20)14-23(30)31/h4-13,15-16,25,32H,3,14H2,1-2H3,(H,30,31)/b26-24-. The molecule has 1 atom stereocenters. The van der Waals surface area contributed by atoms with Crippen molar-refractivity contribution in [1.29, 1.82) is 0 Å². The average Bonchev–Trinajstić information content (AvgIpc) is 3.14. The highest BCUT2D eigenvalue weighted by molar-refractivity contribution is 6.51. The number of carboxylic acid groups (broad SMARTS) is 1. The number of aliphatic carboxylic acids is 1. The molecule has 0 aromatic heterocycles. The first-order valence-electron chi connectivity index (χ1n) is 11.3. The van der Waals surface area contributed by atoms with Crippen molar-refractivity contribution in [3.8, 4) is 11.5 Å². The molecule has 0 aliphatic carbocycles. The predicted molar refractivity (Wildman–Crippen MR) is 133 cm³/mol. The number of carbonyl (C=O) groups is 3. The molecule has 1 fully saturated rings. The lowest BCUT2D eigenvalue weighted by molar-refractivity contribution is -0.136. The maximum Gasteiger partial charge on any atom is 0.307 e. The summed E-state index contributed by atoms with van der Waals surface area (Å²) in [6.07, 6.45) is -0.172. The van der Waals surface area contributed by atoms with Crippen LogP contribution in [0.3, 0.4) is 0 Å². The van der Waals surface area contributed by atoms with Gasteiger partial charge in [-0.05, 0) is 54.4 Å². The van der Waals surface area contributed by atoms with Crippen LogP contribution in [0.15, 0.2) is 78.4 Å². The Balaban J connectivity index is 1.88. The summed E-state index contributed by atoms with van der Waals surface area (Å²) in [5.74, 6) is -1.91. The van der Waals surface area contributed by atoms with E-state index in [1.807, 2.05) is 6.92 Å². The van der Waals surface area contributed by atoms with Crippen molar-refractivity contribution >= 4 is 29.1 Å². The number of carboxylic acids is 1. The van der Waals surface area contributed by atoms with Crippen LogP contribution in [0, 0.1) is 0 Å². The lowest BCUT2D eigenvalue weighted by Gasteiger charge is -2.26. The van der Waals surface area contributed by atoms with E-state index in [9.17, 15) is 19.5 Å². The Labute approximate surface area is 208 Å². The Morgan fingerprint density at radius 1 is 0.944 bits per heavy atom. The van der Waals surface area contributed by atoms with Crippen molar-refractivity contribution < 1.29 is 34.1 Å². The molecule has 0 bridgehead atoms. The number of aliphatic hydroxyl groups excluding tert-OH is 1. The molecule has 3 aromatic rings. The van der Waals surface area contributed by atoms with Crippen LogP contribution < -0.4 is 14.4 Å². The molecule has 8 heteroatoms. The Morgan fingerprint density at radius 2 is 1.64 bits per heavy atom. The number of Topliss-reactive ketones (excluding diaryl/α,β-unsaturated/α-hetero) is 1. The first kappa shape index (κ1) is 24.5. The van der Waals surface area contributed by atoms with Crippen LogP contribution >= 0.6 is 0 Å². The minimum Gasteiger partial charge on any atom is -0.507 e. The van der Waals surface area contributed by atoms with Crippen molar-refractivity contribution in [3.63, 3.8) is 0 Å². The molecule has 184 valence electrons. The number of methoxy groups -OCH3 is 1. The highest BCUT2D eigenvalue weighted by Gasteiger charge is 2.47. The molecule has 8 nitrogen and oxygen atoms in total. The zero-order valence-electron chi connectivity index (χ0n) is 19.8. The van der Waals surface area contributed by atoms with E-state index in [-0.39, 0.29) is 17.8 Å². The molecule has 1 heterocycles. The minimum atomic E-state index is -0.978. The summed E-state index contributed by atoms with van der Waals surface area (Å²) in [5, 5.41) is 20.4. The third-order valence-corrected chi connectivity index (χ3v) is 5.84. The number of anilines is 1. The van der Waals surface area contributed by atoms with Gasteiger partial charge in [0.15, 0.2) is 0 Å². The van der Waals surface area contributed by atoms with Crippen molar-refractivity contribution in [1.82, 2.24) is 0 Å². The predicted octanol–water partition coefficient (Wildman–Crippen LogP) is 4.35. The van der Waals surface area contributed by atoms with Crippen LogP contribution in [0.5, 0.6) is 11.5 Å². The normalized spacial score (nSPS) is 16.7. The van der Waals surface area contributed by atoms with Crippen LogP contribution in [0.2, 0.25) is 0 Å². The third-order valence-electron chi connectivity index (χ3n) is 5.84. The highest BCUT2D eigenvalue weighted by Crippen LogP contribution is 2.43. The smallest absolute Gasteiger partial charge is 0.307 e. The Bertz CT molecular complexity index is 1340. The van der Waals surface area contributed by atoms with Gasteiger partial charge in [0.1, 0.15) is 17.3 Å². The number of rotatable bonds is 8. The molecule has 0 radical (unpaired) electrons. The molecule has 1 amide bonds. The second-order valence-electron chi connectivity index (χ2n) is 8.14. The van der Waals surface area contributed by atoms with Crippen molar-refractivity contribution in [2.45, 2.75) is 19.4 Å². The van der Waals surface area contributed by atoms with Gasteiger partial charge in [0.05, 0.1) is 31.8 Å². The largest absolute Gasteiger partial charge is 0.507 e. The van der Waals surface area contributed by atoms with Gasteiger partial charge < -0.3 is 19.7 Å². The van der Waals surface area contributed by atoms with Crippen LogP contribution in [0.1, 0.15) is 29.7 Å². The Hall–Kier alpha value is -4.59. The number of hydrogen-bond acceptors (Lipinski definition) is 6. The number of amides is 1. The Kier molecular flexibility index (Phi) is 7.05. The number of ketones is 1. The van der Waals surface area contributed by atoms with Crippen molar-refractivity contribution in [2.24, 2.45) is 0 Å². The lowest BCUT2D eigenvalue weighted by atomic mass is 9.95.